The summed E-state index contributed by atoms with van der Waals surface area (Å²) in [6.45, 7) is 2.45. The Bertz CT molecular complexity index is 530. The van der Waals surface area contributed by atoms with Gasteiger partial charge in [-0.1, -0.05) is 13.0 Å². The van der Waals surface area contributed by atoms with Crippen LogP contribution in [-0.4, -0.2) is 15.0 Å². The quantitative estimate of drug-likeness (QED) is 0.801. The Morgan fingerprint density at radius 3 is 2.76 bits per heavy atom. The lowest BCUT2D eigenvalue weighted by atomic mass is 10.3. The van der Waals surface area contributed by atoms with Gasteiger partial charge >= 0.3 is 0 Å². The average Bonchev–Trinajstić information content (AvgIpc) is 2.96. The van der Waals surface area contributed by atoms with E-state index in [-0.39, 0.29) is 10.6 Å². The summed E-state index contributed by atoms with van der Waals surface area (Å²) in [6, 6.07) is 3.77. The third-order valence-corrected chi connectivity index (χ3v) is 4.60. The number of halogens is 1. The molecule has 2 unspecified atom stereocenters. The lowest BCUT2D eigenvalue weighted by Gasteiger charge is -2.09. The summed E-state index contributed by atoms with van der Waals surface area (Å²) in [4.78, 5) is -0.189. The number of hydrogen-bond acceptors (Lipinski definition) is 3. The fraction of sp³-hybridized carbons (Fsp3) is 0.455. The molecule has 1 aromatic rings. The van der Waals surface area contributed by atoms with Crippen molar-refractivity contribution in [2.45, 2.75) is 18.2 Å². The van der Waals surface area contributed by atoms with Crippen LogP contribution in [0, 0.1) is 17.7 Å². The van der Waals surface area contributed by atoms with Gasteiger partial charge in [-0.2, -0.15) is 0 Å². The second-order valence-corrected chi connectivity index (χ2v) is 6.21. The normalized spacial score (nSPS) is 23.6. The van der Waals surface area contributed by atoms with Crippen LogP contribution in [0.3, 0.4) is 0 Å². The minimum atomic E-state index is -3.71. The molecular formula is C11H15FN2O2S. The topological polar surface area (TPSA) is 72.2 Å². The molecule has 0 amide bonds. The molecule has 0 radical (unpaired) electrons. The largest absolute Gasteiger partial charge is 0.395 e. The molecule has 0 aromatic heterocycles. The second kappa shape index (κ2) is 4.27. The summed E-state index contributed by atoms with van der Waals surface area (Å²) < 4.78 is 39.4. The predicted molar refractivity (Wildman–Crippen MR) is 63.3 cm³/mol. The van der Waals surface area contributed by atoms with Crippen LogP contribution in [0.1, 0.15) is 13.3 Å². The van der Waals surface area contributed by atoms with Crippen molar-refractivity contribution in [3.05, 3.63) is 24.0 Å². The number of sulfonamides is 1. The van der Waals surface area contributed by atoms with Gasteiger partial charge in [0.15, 0.2) is 0 Å². The molecule has 3 N–H and O–H groups in total. The molecule has 0 bridgehead atoms. The van der Waals surface area contributed by atoms with E-state index >= 15 is 0 Å². The lowest BCUT2D eigenvalue weighted by Crippen LogP contribution is -2.27. The summed E-state index contributed by atoms with van der Waals surface area (Å²) >= 11 is 0. The smallest absolute Gasteiger partial charge is 0.242 e. The number of nitrogen functional groups attached to an aromatic ring is 1. The van der Waals surface area contributed by atoms with Gasteiger partial charge in [0.2, 0.25) is 10.0 Å². The standard InChI is InChI=1S/C11H15FN2O2S/c1-7-5-8(7)6-14-17(15,16)10-4-2-3-9(12)11(10)13/h2-4,7-8,14H,5-6,13H2,1H3. The Balaban J connectivity index is 2.16. The summed E-state index contributed by atoms with van der Waals surface area (Å²) in [7, 11) is -3.71. The zero-order valence-corrected chi connectivity index (χ0v) is 10.3. The third kappa shape index (κ3) is 2.58. The minimum absolute atomic E-state index is 0.189. The van der Waals surface area contributed by atoms with Crippen LogP contribution < -0.4 is 10.5 Å². The third-order valence-electron chi connectivity index (χ3n) is 3.11. The Kier molecular flexibility index (Phi) is 3.09. The maximum absolute atomic E-state index is 13.2. The minimum Gasteiger partial charge on any atom is -0.395 e. The highest BCUT2D eigenvalue weighted by atomic mass is 32.2. The van der Waals surface area contributed by atoms with Gasteiger partial charge in [0.05, 0.1) is 5.69 Å². The monoisotopic (exact) mass is 258 g/mol. The number of para-hydroxylation sites is 1. The van der Waals surface area contributed by atoms with E-state index in [0.29, 0.717) is 18.4 Å². The van der Waals surface area contributed by atoms with Crippen molar-refractivity contribution in [3.8, 4) is 0 Å². The molecule has 6 heteroatoms. The molecule has 0 saturated heterocycles. The van der Waals surface area contributed by atoms with Crippen molar-refractivity contribution in [2.75, 3.05) is 12.3 Å². The van der Waals surface area contributed by atoms with Crippen LogP contribution in [0.2, 0.25) is 0 Å². The van der Waals surface area contributed by atoms with Gasteiger partial charge in [0.1, 0.15) is 10.7 Å². The molecule has 1 aromatic carbocycles. The second-order valence-electron chi connectivity index (χ2n) is 4.48. The Morgan fingerprint density at radius 2 is 2.18 bits per heavy atom. The number of rotatable bonds is 4. The molecule has 1 aliphatic rings. The number of hydrogen-bond donors (Lipinski definition) is 2. The summed E-state index contributed by atoms with van der Waals surface area (Å²) in [5.41, 5.74) is 5.09. The van der Waals surface area contributed by atoms with Crippen LogP contribution in [0.15, 0.2) is 23.1 Å². The van der Waals surface area contributed by atoms with E-state index in [1.54, 1.807) is 0 Å². The zero-order chi connectivity index (χ0) is 12.6. The zero-order valence-electron chi connectivity index (χ0n) is 9.48. The lowest BCUT2D eigenvalue weighted by molar-refractivity contribution is 0.572. The first-order valence-corrected chi connectivity index (χ1v) is 6.94. The van der Waals surface area contributed by atoms with Gasteiger partial charge in [0, 0.05) is 6.54 Å². The Morgan fingerprint density at radius 1 is 1.53 bits per heavy atom. The predicted octanol–water partition coefficient (Wildman–Crippen LogP) is 1.34. The highest BCUT2D eigenvalue weighted by Gasteiger charge is 2.33. The number of nitrogens with two attached hydrogens (primary N) is 1. The van der Waals surface area contributed by atoms with Crippen molar-refractivity contribution in [3.63, 3.8) is 0 Å². The van der Waals surface area contributed by atoms with E-state index in [9.17, 15) is 12.8 Å². The molecule has 0 heterocycles. The van der Waals surface area contributed by atoms with Gasteiger partial charge in [-0.05, 0) is 30.4 Å². The first-order chi connectivity index (χ1) is 7.92. The molecule has 2 rings (SSSR count). The van der Waals surface area contributed by atoms with Crippen molar-refractivity contribution in [1.29, 1.82) is 0 Å². The van der Waals surface area contributed by atoms with Crippen molar-refractivity contribution >= 4 is 15.7 Å². The SMILES string of the molecule is CC1CC1CNS(=O)(=O)c1cccc(F)c1N. The molecule has 1 aliphatic carbocycles. The van der Waals surface area contributed by atoms with Gasteiger partial charge in [-0.25, -0.2) is 17.5 Å². The van der Waals surface area contributed by atoms with Crippen molar-refractivity contribution in [1.82, 2.24) is 4.72 Å². The molecular weight excluding hydrogens is 243 g/mol. The van der Waals surface area contributed by atoms with Crippen LogP contribution in [0.25, 0.3) is 0 Å². The van der Waals surface area contributed by atoms with Gasteiger partial charge in [-0.3, -0.25) is 0 Å². The van der Waals surface area contributed by atoms with Gasteiger partial charge in [-0.15, -0.1) is 0 Å². The molecule has 94 valence electrons. The first kappa shape index (κ1) is 12.3. The fourth-order valence-corrected chi connectivity index (χ4v) is 2.96. The summed E-state index contributed by atoms with van der Waals surface area (Å²) in [6.07, 6.45) is 1.03. The maximum Gasteiger partial charge on any atom is 0.242 e. The van der Waals surface area contributed by atoms with Crippen LogP contribution >= 0.6 is 0 Å². The van der Waals surface area contributed by atoms with Crippen LogP contribution in [0.4, 0.5) is 10.1 Å². The van der Waals surface area contributed by atoms with Crippen LogP contribution in [0.5, 0.6) is 0 Å². The highest BCUT2D eigenvalue weighted by molar-refractivity contribution is 7.89. The maximum atomic E-state index is 13.2. The average molecular weight is 258 g/mol. The number of nitrogens with one attached hydrogen (secondary N) is 1. The van der Waals surface area contributed by atoms with E-state index in [0.717, 1.165) is 12.5 Å². The van der Waals surface area contributed by atoms with E-state index in [4.69, 9.17) is 5.73 Å². The number of anilines is 1. The van der Waals surface area contributed by atoms with E-state index in [1.807, 2.05) is 0 Å². The van der Waals surface area contributed by atoms with Crippen molar-refractivity contribution < 1.29 is 12.8 Å². The molecule has 1 fully saturated rings. The van der Waals surface area contributed by atoms with Gasteiger partial charge in [0.25, 0.3) is 0 Å². The number of benzene rings is 1. The van der Waals surface area contributed by atoms with Crippen molar-refractivity contribution in [2.24, 2.45) is 11.8 Å². The summed E-state index contributed by atoms with van der Waals surface area (Å²) in [5.74, 6) is 0.231. The molecule has 4 nitrogen and oxygen atoms in total. The highest BCUT2D eigenvalue weighted by Crippen LogP contribution is 2.37. The van der Waals surface area contributed by atoms with E-state index in [1.165, 1.54) is 12.1 Å². The van der Waals surface area contributed by atoms with E-state index < -0.39 is 15.8 Å². The van der Waals surface area contributed by atoms with Crippen LogP contribution in [-0.2, 0) is 10.0 Å². The molecule has 17 heavy (non-hydrogen) atoms. The molecule has 0 aliphatic heterocycles. The summed E-state index contributed by atoms with van der Waals surface area (Å²) in [5, 5.41) is 0. The molecule has 1 saturated carbocycles. The van der Waals surface area contributed by atoms with E-state index in [2.05, 4.69) is 11.6 Å². The molecule has 0 spiro atoms. The fourth-order valence-electron chi connectivity index (χ4n) is 1.73. The Labute approximate surface area is 100 Å². The first-order valence-electron chi connectivity index (χ1n) is 5.45. The molecule has 2 atom stereocenters. The Hall–Kier alpha value is -1.14. The van der Waals surface area contributed by atoms with Gasteiger partial charge < -0.3 is 5.73 Å².